The van der Waals surface area contributed by atoms with E-state index < -0.39 is 5.97 Å². The number of hydrogen-bond acceptors (Lipinski definition) is 3. The second-order valence-electron chi connectivity index (χ2n) is 9.27. The summed E-state index contributed by atoms with van der Waals surface area (Å²) < 4.78 is 6.18. The van der Waals surface area contributed by atoms with Crippen molar-refractivity contribution in [2.45, 2.75) is 39.0 Å². The maximum absolute atomic E-state index is 13.6. The molecule has 37 heavy (non-hydrogen) atoms. The van der Waals surface area contributed by atoms with Gasteiger partial charge in [0.1, 0.15) is 17.3 Å². The molecule has 0 bridgehead atoms. The van der Waals surface area contributed by atoms with E-state index in [1.807, 2.05) is 78.9 Å². The molecule has 0 amide bonds. The summed E-state index contributed by atoms with van der Waals surface area (Å²) >= 11 is 0. The standard InChI is InChI=1S/C33H32O4/c1-2-10-26(19-17-24-11-5-3-6-12-24)31(34)23-27-21-25(18-20-33(35)36)22-30-29(27)15-9-16-32(30)37-28-13-7-4-8-14-28/h3-9,11-16,18,20-22,26H,2,10,17,19,23H2,1H3,(H,35,36)/b20-18+/t26-/m1/s1. The van der Waals surface area contributed by atoms with Gasteiger partial charge < -0.3 is 9.84 Å². The predicted octanol–water partition coefficient (Wildman–Crippen LogP) is 7.89. The van der Waals surface area contributed by atoms with Crippen LogP contribution in [0.5, 0.6) is 11.5 Å². The zero-order valence-corrected chi connectivity index (χ0v) is 21.1. The summed E-state index contributed by atoms with van der Waals surface area (Å²) in [4.78, 5) is 24.8. The SMILES string of the molecule is CCC[C@H](CCc1ccccc1)C(=O)Cc1cc(/C=C/C(=O)O)cc2c(Oc3ccccc3)cccc12. The summed E-state index contributed by atoms with van der Waals surface area (Å²) in [7, 11) is 0. The number of aryl methyl sites for hydroxylation is 1. The maximum Gasteiger partial charge on any atom is 0.328 e. The summed E-state index contributed by atoms with van der Waals surface area (Å²) in [5, 5.41) is 11.0. The molecule has 4 rings (SSSR count). The van der Waals surface area contributed by atoms with Crippen LogP contribution in [0.25, 0.3) is 16.8 Å². The van der Waals surface area contributed by atoms with Gasteiger partial charge in [0, 0.05) is 23.8 Å². The van der Waals surface area contributed by atoms with Crippen LogP contribution in [0.15, 0.2) is 97.1 Å². The van der Waals surface area contributed by atoms with Crippen molar-refractivity contribution < 1.29 is 19.4 Å². The highest BCUT2D eigenvalue weighted by Crippen LogP contribution is 2.34. The van der Waals surface area contributed by atoms with Gasteiger partial charge in [-0.1, -0.05) is 80.1 Å². The first-order valence-corrected chi connectivity index (χ1v) is 12.8. The van der Waals surface area contributed by atoms with E-state index in [-0.39, 0.29) is 11.7 Å². The molecule has 0 heterocycles. The Bertz CT molecular complexity index is 1370. The van der Waals surface area contributed by atoms with Crippen molar-refractivity contribution in [3.8, 4) is 11.5 Å². The fraction of sp³-hybridized carbons (Fsp3) is 0.212. The Labute approximate surface area is 218 Å². The molecule has 0 saturated carbocycles. The normalized spacial score (nSPS) is 12.0. The van der Waals surface area contributed by atoms with Crippen molar-refractivity contribution in [3.05, 3.63) is 114 Å². The van der Waals surface area contributed by atoms with E-state index in [1.54, 1.807) is 6.08 Å². The van der Waals surface area contributed by atoms with Crippen LogP contribution >= 0.6 is 0 Å². The Balaban J connectivity index is 1.67. The van der Waals surface area contributed by atoms with Gasteiger partial charge in [0.15, 0.2) is 0 Å². The number of ether oxygens (including phenoxy) is 1. The zero-order valence-electron chi connectivity index (χ0n) is 21.1. The fourth-order valence-corrected chi connectivity index (χ4v) is 4.71. The highest BCUT2D eigenvalue weighted by Gasteiger charge is 2.20. The third kappa shape index (κ3) is 7.17. The number of Topliss-reactive ketones (excluding diaryl/α,β-unsaturated/α-hetero) is 1. The smallest absolute Gasteiger partial charge is 0.328 e. The number of carboxylic acid groups (broad SMARTS) is 1. The van der Waals surface area contributed by atoms with E-state index in [9.17, 15) is 14.7 Å². The first-order valence-electron chi connectivity index (χ1n) is 12.8. The minimum Gasteiger partial charge on any atom is -0.478 e. The van der Waals surface area contributed by atoms with Gasteiger partial charge in [0.2, 0.25) is 0 Å². The number of rotatable bonds is 12. The Kier molecular flexibility index (Phi) is 8.88. The molecule has 0 spiro atoms. The van der Waals surface area contributed by atoms with E-state index in [2.05, 4.69) is 19.1 Å². The summed E-state index contributed by atoms with van der Waals surface area (Å²) in [5.74, 6) is 0.547. The zero-order chi connectivity index (χ0) is 26.0. The van der Waals surface area contributed by atoms with Gasteiger partial charge in [0.25, 0.3) is 0 Å². The lowest BCUT2D eigenvalue weighted by molar-refractivity contribution is -0.131. The molecule has 188 valence electrons. The molecule has 4 aromatic carbocycles. The summed E-state index contributed by atoms with van der Waals surface area (Å²) in [6.07, 6.45) is 6.46. The average Bonchev–Trinajstić information content (AvgIpc) is 2.91. The Hall–Kier alpha value is -4.18. The molecule has 1 atom stereocenters. The molecule has 0 radical (unpaired) electrons. The second kappa shape index (κ2) is 12.7. The number of carbonyl (C=O) groups is 2. The molecule has 0 saturated heterocycles. The number of aliphatic carboxylic acids is 1. The lowest BCUT2D eigenvalue weighted by atomic mass is 9.87. The largest absolute Gasteiger partial charge is 0.478 e. The molecule has 4 aromatic rings. The third-order valence-electron chi connectivity index (χ3n) is 6.53. The van der Waals surface area contributed by atoms with E-state index in [0.29, 0.717) is 17.9 Å². The van der Waals surface area contributed by atoms with Crippen LogP contribution < -0.4 is 4.74 Å². The molecular formula is C33H32O4. The molecule has 4 nitrogen and oxygen atoms in total. The van der Waals surface area contributed by atoms with Gasteiger partial charge >= 0.3 is 5.97 Å². The van der Waals surface area contributed by atoms with E-state index >= 15 is 0 Å². The van der Waals surface area contributed by atoms with Gasteiger partial charge in [-0.3, -0.25) is 4.79 Å². The molecule has 4 heteroatoms. The van der Waals surface area contributed by atoms with E-state index in [4.69, 9.17) is 4.74 Å². The van der Waals surface area contributed by atoms with Crippen LogP contribution in [0.1, 0.15) is 42.9 Å². The number of ketones is 1. The number of benzene rings is 4. The van der Waals surface area contributed by atoms with Gasteiger partial charge in [-0.15, -0.1) is 0 Å². The Morgan fingerprint density at radius 3 is 2.30 bits per heavy atom. The number of fused-ring (bicyclic) bond motifs is 1. The molecule has 1 N–H and O–H groups in total. The summed E-state index contributed by atoms with van der Waals surface area (Å²) in [5.41, 5.74) is 2.84. The number of para-hydroxylation sites is 1. The predicted molar refractivity (Wildman–Crippen MR) is 149 cm³/mol. The second-order valence-corrected chi connectivity index (χ2v) is 9.27. The van der Waals surface area contributed by atoms with Crippen molar-refractivity contribution in [1.29, 1.82) is 0 Å². The van der Waals surface area contributed by atoms with Crippen LogP contribution in [0.2, 0.25) is 0 Å². The third-order valence-corrected chi connectivity index (χ3v) is 6.53. The van der Waals surface area contributed by atoms with Gasteiger partial charge in [-0.25, -0.2) is 4.79 Å². The van der Waals surface area contributed by atoms with Crippen molar-refractivity contribution in [2.24, 2.45) is 5.92 Å². The lowest BCUT2D eigenvalue weighted by Gasteiger charge is -2.17. The summed E-state index contributed by atoms with van der Waals surface area (Å²) in [6.45, 7) is 2.11. The van der Waals surface area contributed by atoms with E-state index in [0.717, 1.165) is 53.7 Å². The van der Waals surface area contributed by atoms with Crippen molar-refractivity contribution in [2.75, 3.05) is 0 Å². The van der Waals surface area contributed by atoms with E-state index in [1.165, 1.54) is 5.56 Å². The summed E-state index contributed by atoms with van der Waals surface area (Å²) in [6, 6.07) is 29.5. The van der Waals surface area contributed by atoms with Crippen molar-refractivity contribution >= 4 is 28.6 Å². The van der Waals surface area contributed by atoms with Crippen LogP contribution in [0.3, 0.4) is 0 Å². The lowest BCUT2D eigenvalue weighted by Crippen LogP contribution is -2.18. The Morgan fingerprint density at radius 1 is 0.865 bits per heavy atom. The van der Waals surface area contributed by atoms with Gasteiger partial charge in [0.05, 0.1) is 0 Å². The average molecular weight is 493 g/mol. The van der Waals surface area contributed by atoms with Crippen molar-refractivity contribution in [3.63, 3.8) is 0 Å². The molecule has 0 unspecified atom stereocenters. The van der Waals surface area contributed by atoms with Gasteiger partial charge in [-0.2, -0.15) is 0 Å². The van der Waals surface area contributed by atoms with Gasteiger partial charge in [-0.05, 0) is 71.7 Å². The topological polar surface area (TPSA) is 63.6 Å². The molecule has 0 aromatic heterocycles. The maximum atomic E-state index is 13.6. The van der Waals surface area contributed by atoms with Crippen molar-refractivity contribution in [1.82, 2.24) is 0 Å². The fourth-order valence-electron chi connectivity index (χ4n) is 4.71. The number of hydrogen-bond donors (Lipinski definition) is 1. The van der Waals surface area contributed by atoms with Crippen LogP contribution in [0.4, 0.5) is 0 Å². The molecule has 0 aliphatic carbocycles. The van der Waals surface area contributed by atoms with Crippen LogP contribution in [-0.2, 0) is 22.4 Å². The molecular weight excluding hydrogens is 460 g/mol. The van der Waals surface area contributed by atoms with Crippen LogP contribution in [0, 0.1) is 5.92 Å². The quantitative estimate of drug-likeness (QED) is 0.204. The molecule has 0 aliphatic heterocycles. The number of carboxylic acids is 1. The first-order chi connectivity index (χ1) is 18.0. The Morgan fingerprint density at radius 2 is 1.59 bits per heavy atom. The minimum atomic E-state index is -1.02. The highest BCUT2D eigenvalue weighted by atomic mass is 16.5. The molecule has 0 fully saturated rings. The minimum absolute atomic E-state index is 0.0257. The highest BCUT2D eigenvalue weighted by molar-refractivity contribution is 5.97. The van der Waals surface area contributed by atoms with Crippen LogP contribution in [-0.4, -0.2) is 16.9 Å². The molecule has 0 aliphatic rings. The number of carbonyl (C=O) groups excluding carboxylic acids is 1. The monoisotopic (exact) mass is 492 g/mol. The first kappa shape index (κ1) is 25.9.